The van der Waals surface area contributed by atoms with Gasteiger partial charge in [0.25, 0.3) is 0 Å². The van der Waals surface area contributed by atoms with E-state index in [-0.39, 0.29) is 116 Å². The number of aromatic amines is 1. The molecule has 1 aliphatic rings. The van der Waals surface area contributed by atoms with Gasteiger partial charge in [-0.25, -0.2) is 0 Å². The first-order valence-electron chi connectivity index (χ1n) is 32.3. The van der Waals surface area contributed by atoms with Crippen LogP contribution in [0, 0.1) is 0 Å². The van der Waals surface area contributed by atoms with Gasteiger partial charge in [0.05, 0.1) is 51.0 Å². The number of carboxylic acid groups (broad SMARTS) is 3. The maximum Gasteiger partial charge on any atom is 0.317 e. The zero-order valence-electron chi connectivity index (χ0n) is 54.9. The van der Waals surface area contributed by atoms with Gasteiger partial charge in [0.15, 0.2) is 0 Å². The summed E-state index contributed by atoms with van der Waals surface area (Å²) >= 11 is 8.61. The smallest absolute Gasteiger partial charge is 0.317 e. The molecule has 3 aromatic carbocycles. The molecule has 4 aromatic rings. The highest BCUT2D eigenvalue weighted by Crippen LogP contribution is 2.20. The molecule has 1 fully saturated rings. The Morgan fingerprint density at radius 2 is 0.857 bits per heavy atom. The second kappa shape index (κ2) is 41.9. The first kappa shape index (κ1) is 80.4. The number of nitrogens with one attached hydrogen (secondary N) is 9. The normalized spacial score (nSPS) is 16.8. The number of aromatic nitrogens is 1. The Labute approximate surface area is 578 Å². The Bertz CT molecular complexity index is 3230. The molecule has 1 saturated heterocycles. The molecule has 538 valence electrons. The number of thiol groups is 2. The zero-order chi connectivity index (χ0) is 71.8. The van der Waals surface area contributed by atoms with Crippen LogP contribution in [0.4, 0.5) is 0 Å². The number of hydrogen-bond acceptors (Lipinski definition) is 21. The van der Waals surface area contributed by atoms with Crippen molar-refractivity contribution < 1.29 is 83.4 Å². The molecule has 0 unspecified atom stereocenters. The molecule has 5 rings (SSSR count). The number of aliphatic carboxylic acids is 3. The van der Waals surface area contributed by atoms with Crippen molar-refractivity contribution in [2.24, 2.45) is 5.73 Å². The topological polar surface area (TPSA) is 460 Å². The maximum atomic E-state index is 15.0. The summed E-state index contributed by atoms with van der Waals surface area (Å²) in [5.74, 6) is -10.9. The van der Waals surface area contributed by atoms with E-state index < -0.39 is 145 Å². The Kier molecular flexibility index (Phi) is 34.4. The summed E-state index contributed by atoms with van der Waals surface area (Å²) in [6.45, 7) is 1.67. The highest BCUT2D eigenvalue weighted by molar-refractivity contribution is 7.80. The number of carbonyl (C=O) groups is 11. The molecule has 33 heteroatoms. The minimum Gasteiger partial charge on any atom is -0.480 e. The number of nitrogens with two attached hydrogens (primary N) is 1. The van der Waals surface area contributed by atoms with Crippen LogP contribution in [0.5, 0.6) is 0 Å². The SMILES string of the molecule is C[C@@H](O)[C@H](NC(=O)[C@H](CCCCN)NC(=O)[C@@H](Cc1c[nH]c2ccccc12)NC(=O)[C@H](Cc1ccccc1)NC(=O)[C@H](CS)NC(=O)[C@@H](Cc1ccccc1)NC(=O)CN1CCN(CC(=O)O)CCN(CC(=O)O)CCN(CC(=O)O)CC1)C(=O)N[C@@H](CS)C(=O)N[C@H](CO)[C@@H](C)O. The van der Waals surface area contributed by atoms with E-state index in [0.29, 0.717) is 34.0 Å². The van der Waals surface area contributed by atoms with Gasteiger partial charge in [0.2, 0.25) is 47.3 Å². The van der Waals surface area contributed by atoms with Gasteiger partial charge in [-0.1, -0.05) is 78.9 Å². The third kappa shape index (κ3) is 27.6. The number of fused-ring (bicyclic) bond motifs is 1. The van der Waals surface area contributed by atoms with Crippen molar-refractivity contribution in [1.82, 2.24) is 67.1 Å². The van der Waals surface area contributed by atoms with Crippen molar-refractivity contribution in [3.05, 3.63) is 108 Å². The van der Waals surface area contributed by atoms with E-state index in [9.17, 15) is 78.6 Å². The molecule has 10 atom stereocenters. The number of rotatable bonds is 38. The van der Waals surface area contributed by atoms with Crippen LogP contribution < -0.4 is 48.3 Å². The van der Waals surface area contributed by atoms with E-state index >= 15 is 4.79 Å². The number of carboxylic acids is 3. The van der Waals surface area contributed by atoms with Crippen molar-refractivity contribution in [1.29, 1.82) is 0 Å². The van der Waals surface area contributed by atoms with Crippen LogP contribution in [0.15, 0.2) is 91.1 Å². The maximum absolute atomic E-state index is 15.0. The lowest BCUT2D eigenvalue weighted by molar-refractivity contribution is -0.140. The molecular formula is C65H94N14O17S2. The molecule has 17 N–H and O–H groups in total. The molecule has 31 nitrogen and oxygen atoms in total. The van der Waals surface area contributed by atoms with E-state index in [1.165, 1.54) is 13.8 Å². The van der Waals surface area contributed by atoms with Crippen LogP contribution in [0.2, 0.25) is 0 Å². The molecule has 0 spiro atoms. The van der Waals surface area contributed by atoms with Crippen LogP contribution in [0.25, 0.3) is 10.9 Å². The number of amides is 8. The van der Waals surface area contributed by atoms with Crippen LogP contribution in [0.1, 0.15) is 49.8 Å². The lowest BCUT2D eigenvalue weighted by Gasteiger charge is -2.33. The highest BCUT2D eigenvalue weighted by atomic mass is 32.1. The molecular weight excluding hydrogens is 1310 g/mol. The zero-order valence-corrected chi connectivity index (χ0v) is 56.7. The van der Waals surface area contributed by atoms with E-state index in [1.807, 2.05) is 0 Å². The van der Waals surface area contributed by atoms with Crippen LogP contribution in [-0.4, -0.2) is 284 Å². The third-order valence-electron chi connectivity index (χ3n) is 16.3. The fourth-order valence-corrected chi connectivity index (χ4v) is 11.4. The molecule has 0 saturated carbocycles. The summed E-state index contributed by atoms with van der Waals surface area (Å²) < 4.78 is 0. The summed E-state index contributed by atoms with van der Waals surface area (Å²) in [5, 5.41) is 81.3. The van der Waals surface area contributed by atoms with E-state index in [1.54, 1.807) is 111 Å². The standard InChI is InChI=1S/C65H94N14O17S2/c1-40(81)51(37-80)72-64(95)53(39-98)74-65(96)58(41(2)82)75-59(90)47(19-11-12-20-66)69-62(93)50(31-44-32-67-46-18-10-9-17-45(44)46)71-61(92)49(30-43-15-7-4-8-16-43)70-63(94)52(38-97)73-60(91)48(29-42-13-5-3-6-14-42)68-54(83)33-76-21-23-77(34-55(84)85)25-27-79(36-57(88)89)28-26-78(24-22-76)35-56(86)87/h3-10,13-18,32,40-41,47-53,58,67,80-82,97-98H,11-12,19-31,33-39,66H2,1-2H3,(H,68,83)(H,69,93)(H,70,94)(H,71,92)(H,72,95)(H,73,91)(H,74,96)(H,75,90)(H,84,85)(H,86,87)(H,88,89)/t40-,41-,47+,48-,49+,50-,51-,52+,53+,58+/m1/s1. The van der Waals surface area contributed by atoms with Crippen LogP contribution >= 0.6 is 25.3 Å². The molecule has 8 amide bonds. The fourth-order valence-electron chi connectivity index (χ4n) is 10.8. The van der Waals surface area contributed by atoms with Gasteiger partial charge in [-0.15, -0.1) is 0 Å². The number of carbonyl (C=O) groups excluding carboxylic acids is 8. The van der Waals surface area contributed by atoms with Crippen LogP contribution in [-0.2, 0) is 72.0 Å². The average Bonchev–Trinajstić information content (AvgIpc) is 1.62. The van der Waals surface area contributed by atoms with Crippen molar-refractivity contribution in [2.75, 3.05) is 103 Å². The minimum absolute atomic E-state index is 0.0543. The van der Waals surface area contributed by atoms with Crippen molar-refractivity contribution >= 4 is 101 Å². The lowest BCUT2D eigenvalue weighted by Crippen LogP contribution is -2.62. The predicted molar refractivity (Wildman–Crippen MR) is 367 cm³/mol. The average molecular weight is 1410 g/mol. The first-order chi connectivity index (χ1) is 46.8. The molecule has 1 aliphatic heterocycles. The van der Waals surface area contributed by atoms with Crippen molar-refractivity contribution in [2.45, 2.75) is 113 Å². The quantitative estimate of drug-likeness (QED) is 0.0152. The van der Waals surface area contributed by atoms with Gasteiger partial charge in [-0.2, -0.15) is 25.3 Å². The van der Waals surface area contributed by atoms with Crippen LogP contribution in [0.3, 0.4) is 0 Å². The Hall–Kier alpha value is -8.25. The number of nitrogens with zero attached hydrogens (tertiary/aromatic N) is 4. The second-order valence-corrected chi connectivity index (χ2v) is 24.8. The highest BCUT2D eigenvalue weighted by Gasteiger charge is 2.37. The molecule has 1 aromatic heterocycles. The summed E-state index contributed by atoms with van der Waals surface area (Å²) in [5.41, 5.74) is 8.27. The van der Waals surface area contributed by atoms with E-state index in [0.717, 1.165) is 0 Å². The van der Waals surface area contributed by atoms with E-state index in [4.69, 9.17) is 5.73 Å². The van der Waals surface area contributed by atoms with Gasteiger partial charge in [0.1, 0.15) is 42.3 Å². The number of unbranched alkanes of at least 4 members (excludes halogenated alkanes) is 1. The summed E-state index contributed by atoms with van der Waals surface area (Å²) in [6, 6.07) is 13.0. The number of aliphatic hydroxyl groups is 3. The lowest BCUT2D eigenvalue weighted by atomic mass is 10.0. The summed E-state index contributed by atoms with van der Waals surface area (Å²) in [7, 11) is 0. The number of aliphatic hydroxyl groups excluding tert-OH is 3. The molecule has 0 aliphatic carbocycles. The minimum atomic E-state index is -1.71. The number of para-hydroxylation sites is 1. The molecule has 2 heterocycles. The third-order valence-corrected chi connectivity index (χ3v) is 17.1. The number of H-pyrrole nitrogens is 1. The number of hydrogen-bond donors (Lipinski definition) is 18. The van der Waals surface area contributed by atoms with Gasteiger partial charge < -0.3 is 83.9 Å². The number of benzene rings is 3. The Morgan fingerprint density at radius 1 is 0.469 bits per heavy atom. The van der Waals surface area contributed by atoms with E-state index in [2.05, 4.69) is 72.8 Å². The second-order valence-electron chi connectivity index (χ2n) is 24.1. The summed E-state index contributed by atoms with van der Waals surface area (Å²) in [6.07, 6.45) is -0.913. The van der Waals surface area contributed by atoms with Gasteiger partial charge in [-0.3, -0.25) is 72.3 Å². The Balaban J connectivity index is 1.41. The fraction of sp³-hybridized carbons (Fsp3) is 0.523. The monoisotopic (exact) mass is 1410 g/mol. The molecule has 0 bridgehead atoms. The largest absolute Gasteiger partial charge is 0.480 e. The first-order valence-corrected chi connectivity index (χ1v) is 33.6. The molecule has 0 radical (unpaired) electrons. The molecule has 98 heavy (non-hydrogen) atoms. The van der Waals surface area contributed by atoms with Crippen molar-refractivity contribution in [3.63, 3.8) is 0 Å². The Morgan fingerprint density at radius 3 is 1.30 bits per heavy atom. The van der Waals surface area contributed by atoms with Gasteiger partial charge in [-0.05, 0) is 62.4 Å². The summed E-state index contributed by atoms with van der Waals surface area (Å²) in [4.78, 5) is 160. The predicted octanol–water partition coefficient (Wildman–Crippen LogP) is -3.71. The van der Waals surface area contributed by atoms with Crippen molar-refractivity contribution in [3.8, 4) is 0 Å². The van der Waals surface area contributed by atoms with Gasteiger partial charge >= 0.3 is 17.9 Å². The van der Waals surface area contributed by atoms with Gasteiger partial charge in [0, 0.05) is 100 Å².